The van der Waals surface area contributed by atoms with E-state index in [-0.39, 0.29) is 5.57 Å². The summed E-state index contributed by atoms with van der Waals surface area (Å²) in [5.41, 5.74) is 0.176. The molecule has 0 saturated carbocycles. The van der Waals surface area contributed by atoms with Crippen molar-refractivity contribution < 1.29 is 49.5 Å². The van der Waals surface area contributed by atoms with Crippen LogP contribution in [0.2, 0.25) is 0 Å². The Balaban J connectivity index is -0.0000000708. The molecule has 0 atom stereocenters. The van der Waals surface area contributed by atoms with Gasteiger partial charge in [-0.15, -0.1) is 0 Å². The summed E-state index contributed by atoms with van der Waals surface area (Å²) in [4.78, 5) is 45.9. The Bertz CT molecular complexity index is 451. The summed E-state index contributed by atoms with van der Waals surface area (Å²) in [6.45, 7) is 13.5. The first kappa shape index (κ1) is 34.1. The summed E-state index contributed by atoms with van der Waals surface area (Å²) >= 11 is -0.602. The van der Waals surface area contributed by atoms with Gasteiger partial charge in [0.25, 0.3) is 0 Å². The number of aliphatic carboxylic acids is 4. The van der Waals surface area contributed by atoms with Gasteiger partial charge in [-0.05, 0) is 6.92 Å². The zero-order valence-corrected chi connectivity index (χ0v) is 15.3. The number of rotatable bonds is 5. The quantitative estimate of drug-likeness (QED) is 0.338. The maximum absolute atomic E-state index is 9.60. The molecule has 0 aliphatic carbocycles. The van der Waals surface area contributed by atoms with Gasteiger partial charge in [0.1, 0.15) is 0 Å². The van der Waals surface area contributed by atoms with Crippen LogP contribution in [0.1, 0.15) is 6.92 Å². The summed E-state index contributed by atoms with van der Waals surface area (Å²) in [5.74, 6) is -3.88. The van der Waals surface area contributed by atoms with E-state index in [1.165, 1.54) is 6.92 Å². The van der Waals surface area contributed by atoms with Crippen molar-refractivity contribution in [2.45, 2.75) is 6.92 Å². The molecule has 0 aliphatic rings. The third-order valence-electron chi connectivity index (χ3n) is 1.06. The second kappa shape index (κ2) is 26.6. The third-order valence-corrected chi connectivity index (χ3v) is 1.41. The number of hydrogen-bond acceptors (Lipinski definition) is 5. The SMILES string of the molecule is C=C(C)C(=O)O.C=CC(=O)O.C=CC(=O)O.C=CC(=O)O.[CH2]=[Al][C](=O)O. The molecule has 0 radical (unpaired) electrons. The number of carbonyl (C=O) groups is 5. The van der Waals surface area contributed by atoms with E-state index < -0.39 is 43.5 Å². The molecule has 0 amide bonds. The predicted octanol–water partition coefficient (Wildman–Crippen LogP) is 1.22. The molecule has 0 aromatic rings. The van der Waals surface area contributed by atoms with Crippen LogP contribution in [0, 0.1) is 0 Å². The third kappa shape index (κ3) is 106. The minimum atomic E-state index is -0.981. The van der Waals surface area contributed by atoms with E-state index in [0.29, 0.717) is 0 Å². The summed E-state index contributed by atoms with van der Waals surface area (Å²) < 4.78 is 0. The molecule has 26 heavy (non-hydrogen) atoms. The fourth-order valence-corrected chi connectivity index (χ4v) is 0. The van der Waals surface area contributed by atoms with Crippen molar-refractivity contribution in [2.75, 3.05) is 0 Å². The van der Waals surface area contributed by atoms with Crippen molar-refractivity contribution in [1.82, 2.24) is 0 Å². The van der Waals surface area contributed by atoms with E-state index in [1.54, 1.807) is 0 Å². The van der Waals surface area contributed by atoms with Gasteiger partial charge in [0.2, 0.25) is 0 Å². The van der Waals surface area contributed by atoms with E-state index in [2.05, 4.69) is 31.7 Å². The van der Waals surface area contributed by atoms with Crippen molar-refractivity contribution in [3.05, 3.63) is 50.1 Å². The van der Waals surface area contributed by atoms with E-state index >= 15 is 0 Å². The average Bonchev–Trinajstić information content (AvgIpc) is 2.56. The average molecular weight is 388 g/mol. The Morgan fingerprint density at radius 1 is 0.731 bits per heavy atom. The van der Waals surface area contributed by atoms with Crippen LogP contribution in [0.3, 0.4) is 0 Å². The summed E-state index contributed by atoms with van der Waals surface area (Å²) in [7, 11) is 0. The molecular weight excluding hydrogens is 367 g/mol. The molecule has 5 N–H and O–H groups in total. The first-order valence-corrected chi connectivity index (χ1v) is 7.42. The molecule has 0 aromatic heterocycles. The standard InChI is InChI=1S/C4H6O2.3C3H4O2.CHO2.CH2.Al/c1-3(2)4(5)6;3*1-2-3(4)5;2-1-3;;/h1H2,2H3,(H,5,6);3*2H,1H2,(H,4,5);(H,2,3);1H2;. The number of carboxylic acids is 4. The van der Waals surface area contributed by atoms with Crippen LogP contribution in [-0.4, -0.2) is 74.4 Å². The van der Waals surface area contributed by atoms with Crippen molar-refractivity contribution in [3.63, 3.8) is 0 Å². The first-order chi connectivity index (χ1) is 11.7. The molecule has 0 rings (SSSR count). The second-order valence-corrected chi connectivity index (χ2v) is 4.16. The van der Waals surface area contributed by atoms with Crippen LogP contribution in [0.15, 0.2) is 50.1 Å². The molecule has 0 spiro atoms. The van der Waals surface area contributed by atoms with Crippen molar-refractivity contribution in [2.24, 2.45) is 0 Å². The molecule has 0 heterocycles. The molecule has 10 nitrogen and oxygen atoms in total. The van der Waals surface area contributed by atoms with E-state index in [1.807, 2.05) is 0 Å². The Kier molecular flexibility index (Phi) is 34.9. The van der Waals surface area contributed by atoms with Gasteiger partial charge in [-0.25, -0.2) is 19.2 Å². The van der Waals surface area contributed by atoms with Gasteiger partial charge in [0, 0.05) is 23.8 Å². The maximum atomic E-state index is 9.60. The van der Waals surface area contributed by atoms with E-state index in [4.69, 9.17) is 25.5 Å². The zero-order chi connectivity index (χ0) is 22.3. The molecule has 0 bridgehead atoms. The molecule has 144 valence electrons. The van der Waals surface area contributed by atoms with Crippen LogP contribution in [-0.2, 0) is 19.2 Å². The normalized spacial score (nSPS) is 6.50. The molecule has 0 fully saturated rings. The van der Waals surface area contributed by atoms with Crippen LogP contribution >= 0.6 is 0 Å². The van der Waals surface area contributed by atoms with Crippen LogP contribution in [0.4, 0.5) is 4.79 Å². The van der Waals surface area contributed by atoms with Crippen LogP contribution < -0.4 is 0 Å². The molecule has 0 saturated heterocycles. The van der Waals surface area contributed by atoms with Gasteiger partial charge < -0.3 is 20.4 Å². The topological polar surface area (TPSA) is 186 Å². The monoisotopic (exact) mass is 388 g/mol. The van der Waals surface area contributed by atoms with Gasteiger partial charge in [-0.1, -0.05) is 26.3 Å². The molecule has 0 unspecified atom stereocenters. The second-order valence-electron chi connectivity index (χ2n) is 3.25. The van der Waals surface area contributed by atoms with Crippen molar-refractivity contribution in [3.8, 4) is 0 Å². The predicted molar refractivity (Wildman–Crippen MR) is 96.8 cm³/mol. The first-order valence-electron chi connectivity index (χ1n) is 6.03. The van der Waals surface area contributed by atoms with Crippen molar-refractivity contribution in [1.29, 1.82) is 0 Å². The van der Waals surface area contributed by atoms with Crippen LogP contribution in [0.25, 0.3) is 0 Å². The van der Waals surface area contributed by atoms with Gasteiger partial charge >= 0.3 is 58.8 Å². The van der Waals surface area contributed by atoms with Gasteiger partial charge in [0.15, 0.2) is 0 Å². The Morgan fingerprint density at radius 3 is 0.846 bits per heavy atom. The summed E-state index contributed by atoms with van der Waals surface area (Å²) in [6.07, 6.45) is 2.50. The van der Waals surface area contributed by atoms with E-state index in [9.17, 15) is 24.0 Å². The summed E-state index contributed by atoms with van der Waals surface area (Å²) in [6, 6.07) is 0. The summed E-state index contributed by atoms with van der Waals surface area (Å²) in [5, 5.41) is 41.6. The fraction of sp³-hybridized carbons (Fsp3) is 0.0667. The van der Waals surface area contributed by atoms with Crippen LogP contribution in [0.5, 0.6) is 0 Å². The number of hydrogen-bond donors (Lipinski definition) is 5. The van der Waals surface area contributed by atoms with E-state index in [0.717, 1.165) is 18.2 Å². The molecule has 0 aromatic carbocycles. The molecule has 11 heteroatoms. The fourth-order valence-electron chi connectivity index (χ4n) is 0. The van der Waals surface area contributed by atoms with Gasteiger partial charge in [-0.3, -0.25) is 0 Å². The minimum absolute atomic E-state index is 0.176. The Hall–Kier alpha value is -3.29. The van der Waals surface area contributed by atoms with Crippen molar-refractivity contribution >= 4 is 48.9 Å². The van der Waals surface area contributed by atoms with Gasteiger partial charge in [0.05, 0.1) is 0 Å². The zero-order valence-electron chi connectivity index (χ0n) is 14.1. The Morgan fingerprint density at radius 2 is 0.846 bits per heavy atom. The Labute approximate surface area is 156 Å². The molecular formula is C15H21AlO10. The number of carboxylic acid groups (broad SMARTS) is 5. The van der Waals surface area contributed by atoms with Gasteiger partial charge in [-0.2, -0.15) is 0 Å². The molecule has 0 aliphatic heterocycles.